The van der Waals surface area contributed by atoms with Gasteiger partial charge in [-0.2, -0.15) is 9.57 Å². The van der Waals surface area contributed by atoms with Crippen LogP contribution in [0, 0.1) is 11.3 Å². The number of carbonyl (C=O) groups excluding carboxylic acids is 1. The molecule has 0 aromatic heterocycles. The number of nitrogens with one attached hydrogen (secondary N) is 2. The second-order valence-electron chi connectivity index (χ2n) is 5.70. The molecule has 142 valence electrons. The lowest BCUT2D eigenvalue weighted by molar-refractivity contribution is -0.114. The molecule has 27 heavy (non-hydrogen) atoms. The normalized spacial score (nSPS) is 11.0. The number of anilines is 2. The number of carbonyl (C=O) groups is 1. The van der Waals surface area contributed by atoms with E-state index in [1.165, 1.54) is 16.4 Å². The Kier molecular flexibility index (Phi) is 6.93. The highest BCUT2D eigenvalue weighted by atomic mass is 32.2. The number of hydrogen-bond donors (Lipinski definition) is 2. The molecule has 2 N–H and O–H groups in total. The highest BCUT2D eigenvalue weighted by Crippen LogP contribution is 2.18. The van der Waals surface area contributed by atoms with E-state index in [1.54, 1.807) is 50.2 Å². The van der Waals surface area contributed by atoms with Crippen molar-refractivity contribution >= 4 is 27.3 Å². The largest absolute Gasteiger partial charge is 0.376 e. The average Bonchev–Trinajstić information content (AvgIpc) is 2.68. The minimum atomic E-state index is -3.51. The fourth-order valence-electron chi connectivity index (χ4n) is 2.47. The molecule has 2 rings (SSSR count). The van der Waals surface area contributed by atoms with Crippen LogP contribution in [0.15, 0.2) is 53.4 Å². The number of amides is 1. The van der Waals surface area contributed by atoms with Crippen molar-refractivity contribution in [3.63, 3.8) is 0 Å². The Balaban J connectivity index is 1.95. The molecule has 2 aromatic rings. The maximum absolute atomic E-state index is 12.4. The first-order valence-electron chi connectivity index (χ1n) is 8.54. The molecular weight excluding hydrogens is 364 g/mol. The molecule has 2 aromatic carbocycles. The predicted molar refractivity (Wildman–Crippen MR) is 105 cm³/mol. The van der Waals surface area contributed by atoms with Crippen LogP contribution in [0.4, 0.5) is 11.4 Å². The third-order valence-electron chi connectivity index (χ3n) is 3.95. The minimum Gasteiger partial charge on any atom is -0.376 e. The lowest BCUT2D eigenvalue weighted by Crippen LogP contribution is -2.30. The standard InChI is InChI=1S/C19H22N4O3S/c1-3-23(4-2)27(25,26)18-11-9-17(10-12-18)22-19(24)14-21-16-7-5-15(13-20)6-8-16/h5-12,21H,3-4,14H2,1-2H3,(H,22,24). The molecule has 0 radical (unpaired) electrons. The van der Waals surface area contributed by atoms with E-state index >= 15 is 0 Å². The van der Waals surface area contributed by atoms with E-state index < -0.39 is 10.0 Å². The molecule has 0 saturated carbocycles. The number of hydrogen-bond acceptors (Lipinski definition) is 5. The molecule has 0 aliphatic carbocycles. The summed E-state index contributed by atoms with van der Waals surface area (Å²) in [5.41, 5.74) is 1.79. The van der Waals surface area contributed by atoms with Crippen LogP contribution in [0.2, 0.25) is 0 Å². The molecule has 0 fully saturated rings. The summed E-state index contributed by atoms with van der Waals surface area (Å²) in [4.78, 5) is 12.2. The highest BCUT2D eigenvalue weighted by Gasteiger charge is 2.21. The summed E-state index contributed by atoms with van der Waals surface area (Å²) in [6.07, 6.45) is 0. The molecule has 8 heteroatoms. The zero-order valence-corrected chi connectivity index (χ0v) is 16.1. The van der Waals surface area contributed by atoms with Gasteiger partial charge in [-0.25, -0.2) is 8.42 Å². The molecule has 0 spiro atoms. The zero-order chi connectivity index (χ0) is 19.9. The second-order valence-corrected chi connectivity index (χ2v) is 7.64. The summed E-state index contributed by atoms with van der Waals surface area (Å²) >= 11 is 0. The molecule has 7 nitrogen and oxygen atoms in total. The Morgan fingerprint density at radius 3 is 2.07 bits per heavy atom. The van der Waals surface area contributed by atoms with E-state index in [-0.39, 0.29) is 17.3 Å². The number of rotatable bonds is 8. The van der Waals surface area contributed by atoms with E-state index in [1.807, 2.05) is 6.07 Å². The van der Waals surface area contributed by atoms with Gasteiger partial charge in [-0.15, -0.1) is 0 Å². The first-order chi connectivity index (χ1) is 12.9. The van der Waals surface area contributed by atoms with Crippen molar-refractivity contribution in [1.82, 2.24) is 4.31 Å². The summed E-state index contributed by atoms with van der Waals surface area (Å²) in [5, 5.41) is 14.4. The molecule has 1 amide bonds. The van der Waals surface area contributed by atoms with Gasteiger partial charge < -0.3 is 10.6 Å². The summed E-state index contributed by atoms with van der Waals surface area (Å²) in [6, 6.07) is 14.9. The average molecular weight is 386 g/mol. The van der Waals surface area contributed by atoms with E-state index in [0.29, 0.717) is 24.3 Å². The van der Waals surface area contributed by atoms with Crippen LogP contribution < -0.4 is 10.6 Å². The van der Waals surface area contributed by atoms with Crippen LogP contribution in [0.3, 0.4) is 0 Å². The Bertz CT molecular complexity index is 913. The molecule has 0 bridgehead atoms. The van der Waals surface area contributed by atoms with Crippen LogP contribution >= 0.6 is 0 Å². The molecular formula is C19H22N4O3S. The molecule has 0 unspecified atom stereocenters. The quantitative estimate of drug-likeness (QED) is 0.726. The fraction of sp³-hybridized carbons (Fsp3) is 0.263. The maximum atomic E-state index is 12.4. The first kappa shape index (κ1) is 20.4. The van der Waals surface area contributed by atoms with Crippen LogP contribution in [-0.2, 0) is 14.8 Å². The van der Waals surface area contributed by atoms with Gasteiger partial charge in [0, 0.05) is 24.5 Å². The topological polar surface area (TPSA) is 102 Å². The van der Waals surface area contributed by atoms with Crippen molar-refractivity contribution in [2.45, 2.75) is 18.7 Å². The number of sulfonamides is 1. The minimum absolute atomic E-state index is 0.0470. The number of benzene rings is 2. The molecule has 0 saturated heterocycles. The molecule has 0 aliphatic rings. The van der Waals surface area contributed by atoms with Gasteiger partial charge in [0.05, 0.1) is 23.1 Å². The van der Waals surface area contributed by atoms with Gasteiger partial charge in [-0.05, 0) is 48.5 Å². The molecule has 0 aliphatic heterocycles. The monoisotopic (exact) mass is 386 g/mol. The van der Waals surface area contributed by atoms with Gasteiger partial charge >= 0.3 is 0 Å². The van der Waals surface area contributed by atoms with Crippen molar-refractivity contribution in [1.29, 1.82) is 5.26 Å². The van der Waals surface area contributed by atoms with Gasteiger partial charge in [0.2, 0.25) is 15.9 Å². The van der Waals surface area contributed by atoms with Crippen molar-refractivity contribution < 1.29 is 13.2 Å². The molecule has 0 heterocycles. The van der Waals surface area contributed by atoms with Gasteiger partial charge in [-0.3, -0.25) is 4.79 Å². The van der Waals surface area contributed by atoms with Crippen molar-refractivity contribution in [2.75, 3.05) is 30.3 Å². The van der Waals surface area contributed by atoms with E-state index in [0.717, 1.165) is 5.69 Å². The summed E-state index contributed by atoms with van der Waals surface area (Å²) in [6.45, 7) is 4.43. The van der Waals surface area contributed by atoms with Crippen LogP contribution in [0.1, 0.15) is 19.4 Å². The maximum Gasteiger partial charge on any atom is 0.243 e. The Morgan fingerprint density at radius 2 is 1.56 bits per heavy atom. The van der Waals surface area contributed by atoms with Crippen molar-refractivity contribution in [3.05, 3.63) is 54.1 Å². The summed E-state index contributed by atoms with van der Waals surface area (Å²) in [5.74, 6) is -0.265. The van der Waals surface area contributed by atoms with Crippen molar-refractivity contribution in [2.24, 2.45) is 0 Å². The SMILES string of the molecule is CCN(CC)S(=O)(=O)c1ccc(NC(=O)CNc2ccc(C#N)cc2)cc1. The van der Waals surface area contributed by atoms with Gasteiger partial charge in [-0.1, -0.05) is 13.8 Å². The summed E-state index contributed by atoms with van der Waals surface area (Å²) in [7, 11) is -3.51. The molecule has 0 atom stereocenters. The zero-order valence-electron chi connectivity index (χ0n) is 15.3. The van der Waals surface area contributed by atoms with Crippen LogP contribution in [0.25, 0.3) is 0 Å². The summed E-state index contributed by atoms with van der Waals surface area (Å²) < 4.78 is 26.3. The third-order valence-corrected chi connectivity index (χ3v) is 6.01. The first-order valence-corrected chi connectivity index (χ1v) is 9.98. The Morgan fingerprint density at radius 1 is 1.00 bits per heavy atom. The van der Waals surface area contributed by atoms with E-state index in [4.69, 9.17) is 5.26 Å². The van der Waals surface area contributed by atoms with Crippen molar-refractivity contribution in [3.8, 4) is 6.07 Å². The second kappa shape index (κ2) is 9.16. The Hall–Kier alpha value is -2.89. The number of nitrogens with zero attached hydrogens (tertiary/aromatic N) is 2. The van der Waals surface area contributed by atoms with E-state index in [9.17, 15) is 13.2 Å². The van der Waals surface area contributed by atoms with Gasteiger partial charge in [0.15, 0.2) is 0 Å². The lowest BCUT2D eigenvalue weighted by atomic mass is 10.2. The number of nitriles is 1. The highest BCUT2D eigenvalue weighted by molar-refractivity contribution is 7.89. The van der Waals surface area contributed by atoms with Gasteiger partial charge in [0.1, 0.15) is 0 Å². The third kappa shape index (κ3) is 5.29. The lowest BCUT2D eigenvalue weighted by Gasteiger charge is -2.18. The van der Waals surface area contributed by atoms with E-state index in [2.05, 4.69) is 10.6 Å². The predicted octanol–water partition coefficient (Wildman–Crippen LogP) is 2.64. The fourth-order valence-corrected chi connectivity index (χ4v) is 3.93. The van der Waals surface area contributed by atoms with Gasteiger partial charge in [0.25, 0.3) is 0 Å². The smallest absolute Gasteiger partial charge is 0.243 e. The van der Waals surface area contributed by atoms with Crippen LogP contribution in [0.5, 0.6) is 0 Å². The van der Waals surface area contributed by atoms with Crippen LogP contribution in [-0.4, -0.2) is 38.3 Å². The Labute approximate surface area is 159 Å².